The average molecular weight is 361 g/mol. The molecule has 0 fully saturated rings. The van der Waals surface area contributed by atoms with E-state index in [1.165, 1.54) is 17.4 Å². The molecule has 0 aliphatic carbocycles. The lowest BCUT2D eigenvalue weighted by molar-refractivity contribution is 0.0949. The molecule has 0 spiro atoms. The highest BCUT2D eigenvalue weighted by atomic mass is 79.9. The molecular weight excluding hydrogens is 352 g/mol. The number of halogens is 1. The van der Waals surface area contributed by atoms with E-state index in [1.54, 1.807) is 35.7 Å². The molecule has 8 heteroatoms. The van der Waals surface area contributed by atoms with E-state index in [4.69, 9.17) is 0 Å². The van der Waals surface area contributed by atoms with Gasteiger partial charge in [0.25, 0.3) is 15.9 Å². The van der Waals surface area contributed by atoms with Crippen molar-refractivity contribution in [3.05, 3.63) is 51.1 Å². The van der Waals surface area contributed by atoms with Crippen molar-refractivity contribution in [2.75, 3.05) is 0 Å². The molecule has 100 valence electrons. The van der Waals surface area contributed by atoms with Crippen LogP contribution in [0.15, 0.2) is 51.1 Å². The number of hydrazine groups is 1. The van der Waals surface area contributed by atoms with Gasteiger partial charge in [-0.15, -0.1) is 16.2 Å². The minimum Gasteiger partial charge on any atom is -0.273 e. The molecule has 2 N–H and O–H groups in total. The number of benzene rings is 1. The normalized spacial score (nSPS) is 11.2. The first-order chi connectivity index (χ1) is 9.00. The van der Waals surface area contributed by atoms with Gasteiger partial charge in [-0.3, -0.25) is 10.2 Å². The third-order valence-corrected chi connectivity index (χ3v) is 5.30. The Balaban J connectivity index is 2.11. The SMILES string of the molecule is O=C(NNS(=O)(=O)c1ccccc1Br)c1cccs1. The minimum absolute atomic E-state index is 0.0569. The summed E-state index contributed by atoms with van der Waals surface area (Å²) in [7, 11) is -3.80. The van der Waals surface area contributed by atoms with Crippen LogP contribution in [-0.4, -0.2) is 14.3 Å². The maximum Gasteiger partial charge on any atom is 0.276 e. The van der Waals surface area contributed by atoms with Crippen molar-refractivity contribution >= 4 is 43.2 Å². The Morgan fingerprint density at radius 3 is 2.53 bits per heavy atom. The summed E-state index contributed by atoms with van der Waals surface area (Å²) in [6.45, 7) is 0. The van der Waals surface area contributed by atoms with E-state index >= 15 is 0 Å². The third-order valence-electron chi connectivity index (χ3n) is 2.17. The number of sulfonamides is 1. The van der Waals surface area contributed by atoms with Gasteiger partial charge in [-0.1, -0.05) is 18.2 Å². The molecule has 0 unspecified atom stereocenters. The summed E-state index contributed by atoms with van der Waals surface area (Å²) in [5.74, 6) is -0.495. The number of carbonyl (C=O) groups is 1. The number of carbonyl (C=O) groups excluding carboxylic acids is 1. The lowest BCUT2D eigenvalue weighted by Gasteiger charge is -2.08. The van der Waals surface area contributed by atoms with Crippen LogP contribution in [0.3, 0.4) is 0 Å². The van der Waals surface area contributed by atoms with Crippen LogP contribution >= 0.6 is 27.3 Å². The van der Waals surface area contributed by atoms with E-state index in [-0.39, 0.29) is 4.90 Å². The predicted molar refractivity (Wildman–Crippen MR) is 76.2 cm³/mol. The van der Waals surface area contributed by atoms with E-state index in [9.17, 15) is 13.2 Å². The van der Waals surface area contributed by atoms with Gasteiger partial charge in [-0.25, -0.2) is 8.42 Å². The van der Waals surface area contributed by atoms with E-state index < -0.39 is 15.9 Å². The molecule has 1 aromatic carbocycles. The fourth-order valence-corrected chi connectivity index (χ4v) is 3.76. The van der Waals surface area contributed by atoms with Gasteiger partial charge in [-0.2, -0.15) is 0 Å². The molecule has 1 amide bonds. The monoisotopic (exact) mass is 360 g/mol. The molecule has 2 aromatic rings. The lowest BCUT2D eigenvalue weighted by atomic mass is 10.4. The molecule has 1 aromatic heterocycles. The van der Waals surface area contributed by atoms with Gasteiger partial charge in [0.2, 0.25) is 0 Å². The van der Waals surface area contributed by atoms with Crippen LogP contribution in [0.2, 0.25) is 0 Å². The molecule has 1 heterocycles. The van der Waals surface area contributed by atoms with Crippen LogP contribution in [-0.2, 0) is 10.0 Å². The summed E-state index contributed by atoms with van der Waals surface area (Å²) >= 11 is 4.37. The van der Waals surface area contributed by atoms with Crippen LogP contribution in [0.25, 0.3) is 0 Å². The Kier molecular flexibility index (Phi) is 4.35. The number of thiophene rings is 1. The van der Waals surface area contributed by atoms with Crippen molar-refractivity contribution in [1.82, 2.24) is 10.3 Å². The zero-order valence-electron chi connectivity index (χ0n) is 9.46. The molecule has 2 rings (SSSR count). The van der Waals surface area contributed by atoms with Gasteiger partial charge in [0.1, 0.15) is 0 Å². The molecule has 0 saturated carbocycles. The number of hydrogen-bond donors (Lipinski definition) is 2. The molecule has 0 bridgehead atoms. The summed E-state index contributed by atoms with van der Waals surface area (Å²) in [4.78, 5) is 14.2. The predicted octanol–water partition coefficient (Wildman–Crippen LogP) is 2.13. The van der Waals surface area contributed by atoms with Crippen LogP contribution in [0.4, 0.5) is 0 Å². The maximum atomic E-state index is 12.0. The van der Waals surface area contributed by atoms with Gasteiger partial charge in [0.05, 0.1) is 9.77 Å². The van der Waals surface area contributed by atoms with Gasteiger partial charge < -0.3 is 0 Å². The molecule has 0 aliphatic heterocycles. The molecule has 0 aliphatic rings. The fourth-order valence-electron chi connectivity index (χ4n) is 1.30. The standard InChI is InChI=1S/C11H9BrN2O3S2/c12-8-4-1-2-6-10(8)19(16,17)14-13-11(15)9-5-3-7-18-9/h1-7,14H,(H,13,15). The van der Waals surface area contributed by atoms with Crippen molar-refractivity contribution in [1.29, 1.82) is 0 Å². The summed E-state index contributed by atoms with van der Waals surface area (Å²) in [6, 6.07) is 9.65. The highest BCUT2D eigenvalue weighted by molar-refractivity contribution is 9.10. The second kappa shape index (κ2) is 5.83. The van der Waals surface area contributed by atoms with Gasteiger partial charge in [0, 0.05) is 4.47 Å². The Morgan fingerprint density at radius 1 is 1.16 bits per heavy atom. The van der Waals surface area contributed by atoms with Crippen LogP contribution in [0.1, 0.15) is 9.67 Å². The van der Waals surface area contributed by atoms with E-state index in [0.29, 0.717) is 9.35 Å². The number of hydrogen-bond acceptors (Lipinski definition) is 4. The van der Waals surface area contributed by atoms with Gasteiger partial charge >= 0.3 is 0 Å². The molecule has 0 saturated heterocycles. The highest BCUT2D eigenvalue weighted by Gasteiger charge is 2.18. The summed E-state index contributed by atoms with van der Waals surface area (Å²) in [5.41, 5.74) is 2.16. The second-order valence-corrected chi connectivity index (χ2v) is 6.92. The minimum atomic E-state index is -3.80. The topological polar surface area (TPSA) is 75.3 Å². The smallest absolute Gasteiger partial charge is 0.273 e. The molecular formula is C11H9BrN2O3S2. The maximum absolute atomic E-state index is 12.0. The Labute approximate surface area is 122 Å². The van der Waals surface area contributed by atoms with Crippen molar-refractivity contribution in [3.63, 3.8) is 0 Å². The Morgan fingerprint density at radius 2 is 1.89 bits per heavy atom. The third kappa shape index (κ3) is 3.41. The van der Waals surface area contributed by atoms with Crippen LogP contribution < -0.4 is 10.3 Å². The zero-order chi connectivity index (χ0) is 13.9. The van der Waals surface area contributed by atoms with Gasteiger partial charge in [-0.05, 0) is 39.5 Å². The van der Waals surface area contributed by atoms with Crippen molar-refractivity contribution in [2.45, 2.75) is 4.90 Å². The zero-order valence-corrected chi connectivity index (χ0v) is 12.7. The first-order valence-corrected chi connectivity index (χ1v) is 8.26. The molecule has 5 nitrogen and oxygen atoms in total. The summed E-state index contributed by atoms with van der Waals surface area (Å²) < 4.78 is 24.4. The largest absolute Gasteiger partial charge is 0.276 e. The van der Waals surface area contributed by atoms with Gasteiger partial charge in [0.15, 0.2) is 0 Å². The number of amides is 1. The van der Waals surface area contributed by atoms with Crippen molar-refractivity contribution < 1.29 is 13.2 Å². The Bertz CT molecular complexity index is 684. The molecule has 19 heavy (non-hydrogen) atoms. The molecule has 0 radical (unpaired) electrons. The van der Waals surface area contributed by atoms with Crippen LogP contribution in [0.5, 0.6) is 0 Å². The van der Waals surface area contributed by atoms with Crippen LogP contribution in [0, 0.1) is 0 Å². The van der Waals surface area contributed by atoms with E-state index in [2.05, 4.69) is 26.2 Å². The fraction of sp³-hybridized carbons (Fsp3) is 0. The highest BCUT2D eigenvalue weighted by Crippen LogP contribution is 2.20. The quantitative estimate of drug-likeness (QED) is 0.820. The number of nitrogens with one attached hydrogen (secondary N) is 2. The second-order valence-electron chi connectivity index (χ2n) is 3.47. The van der Waals surface area contributed by atoms with E-state index in [1.807, 2.05) is 0 Å². The number of rotatable bonds is 4. The first kappa shape index (κ1) is 14.2. The van der Waals surface area contributed by atoms with Crippen molar-refractivity contribution in [3.8, 4) is 0 Å². The molecule has 0 atom stereocenters. The Hall–Kier alpha value is -1.22. The summed E-state index contributed by atoms with van der Waals surface area (Å²) in [6.07, 6.45) is 0. The first-order valence-electron chi connectivity index (χ1n) is 5.11. The van der Waals surface area contributed by atoms with Crippen molar-refractivity contribution in [2.24, 2.45) is 0 Å². The lowest BCUT2D eigenvalue weighted by Crippen LogP contribution is -2.41. The average Bonchev–Trinajstić information content (AvgIpc) is 2.90. The van der Waals surface area contributed by atoms with E-state index in [0.717, 1.165) is 0 Å². The summed E-state index contributed by atoms with van der Waals surface area (Å²) in [5, 5.41) is 1.73.